The Balaban J connectivity index is 1.42. The van der Waals surface area contributed by atoms with E-state index in [1.165, 1.54) is 0 Å². The summed E-state index contributed by atoms with van der Waals surface area (Å²) >= 11 is 0. The third-order valence-electron chi connectivity index (χ3n) is 3.80. The summed E-state index contributed by atoms with van der Waals surface area (Å²) in [7, 11) is 0. The minimum atomic E-state index is -0.157. The molecular weight excluding hydrogens is 308 g/mol. The summed E-state index contributed by atoms with van der Waals surface area (Å²) in [4.78, 5) is 12.2. The van der Waals surface area contributed by atoms with Crippen LogP contribution in [0.2, 0.25) is 0 Å². The highest BCUT2D eigenvalue weighted by Gasteiger charge is 2.16. The Labute approximate surface area is 138 Å². The number of rotatable bonds is 5. The molecule has 0 bridgehead atoms. The van der Waals surface area contributed by atoms with Crippen LogP contribution in [0.15, 0.2) is 52.9 Å². The number of benzene rings is 2. The van der Waals surface area contributed by atoms with Crippen LogP contribution in [-0.2, 0) is 18.0 Å². The maximum atomic E-state index is 12.2. The first kappa shape index (κ1) is 14.6. The van der Waals surface area contributed by atoms with Crippen LogP contribution in [0, 0.1) is 0 Å². The lowest BCUT2D eigenvalue weighted by atomic mass is 10.0. The number of ether oxygens (including phenoxy) is 2. The Morgan fingerprint density at radius 1 is 1.04 bits per heavy atom. The van der Waals surface area contributed by atoms with E-state index in [-0.39, 0.29) is 18.5 Å². The fourth-order valence-electron chi connectivity index (χ4n) is 2.52. The quantitative estimate of drug-likeness (QED) is 0.672. The number of Topliss-reactive ketones (excluding diaryl/α,β-unsaturated/α-hetero) is 1. The number of hydrogen-bond donors (Lipinski definition) is 0. The number of hydrogen-bond acceptors (Lipinski definition) is 6. The highest BCUT2D eigenvalue weighted by atomic mass is 16.6. The van der Waals surface area contributed by atoms with Crippen molar-refractivity contribution in [3.8, 4) is 17.5 Å². The van der Waals surface area contributed by atoms with Gasteiger partial charge in [-0.25, -0.2) is 0 Å². The van der Waals surface area contributed by atoms with E-state index in [4.69, 9.17) is 13.9 Å². The maximum Gasteiger partial charge on any atom is 0.415 e. The van der Waals surface area contributed by atoms with Crippen LogP contribution in [0.1, 0.15) is 21.5 Å². The fourth-order valence-corrected chi connectivity index (χ4v) is 2.52. The monoisotopic (exact) mass is 322 g/mol. The van der Waals surface area contributed by atoms with E-state index in [2.05, 4.69) is 10.2 Å². The van der Waals surface area contributed by atoms with Gasteiger partial charge in [-0.15, -0.1) is 5.10 Å². The third-order valence-corrected chi connectivity index (χ3v) is 3.80. The zero-order valence-electron chi connectivity index (χ0n) is 12.8. The van der Waals surface area contributed by atoms with E-state index in [1.807, 2.05) is 42.5 Å². The highest BCUT2D eigenvalue weighted by molar-refractivity contribution is 5.97. The van der Waals surface area contributed by atoms with Crippen LogP contribution in [0.25, 0.3) is 11.5 Å². The minimum Gasteiger partial charge on any atom is -0.441 e. The first-order valence-electron chi connectivity index (χ1n) is 7.54. The molecule has 24 heavy (non-hydrogen) atoms. The highest BCUT2D eigenvalue weighted by Crippen LogP contribution is 2.22. The molecule has 1 aliphatic rings. The third kappa shape index (κ3) is 2.91. The zero-order chi connectivity index (χ0) is 16.4. The first-order chi connectivity index (χ1) is 11.8. The van der Waals surface area contributed by atoms with Crippen LogP contribution in [0.4, 0.5) is 0 Å². The second-order valence-corrected chi connectivity index (χ2v) is 5.43. The second kappa shape index (κ2) is 6.25. The van der Waals surface area contributed by atoms with Gasteiger partial charge in [0, 0.05) is 11.1 Å². The standard InChI is InChI=1S/C18H14N2O4/c21-16(13-6-7-14-9-22-10-15(14)8-13)11-23-18-20-19-17(24-18)12-4-2-1-3-5-12/h1-8H,9-11H2. The normalized spacial score (nSPS) is 12.8. The van der Waals surface area contributed by atoms with Crippen molar-refractivity contribution in [2.45, 2.75) is 13.2 Å². The van der Waals surface area contributed by atoms with E-state index in [0.29, 0.717) is 24.7 Å². The Morgan fingerprint density at radius 2 is 1.88 bits per heavy atom. The molecule has 1 aromatic heterocycles. The molecule has 0 unspecified atom stereocenters. The van der Waals surface area contributed by atoms with Gasteiger partial charge in [-0.05, 0) is 29.3 Å². The lowest BCUT2D eigenvalue weighted by Gasteiger charge is -2.03. The molecule has 4 rings (SSSR count). The van der Waals surface area contributed by atoms with Gasteiger partial charge in [0.2, 0.25) is 0 Å². The summed E-state index contributed by atoms with van der Waals surface area (Å²) in [6.07, 6.45) is -0.0216. The molecule has 0 saturated carbocycles. The molecule has 0 spiro atoms. The van der Waals surface area contributed by atoms with Crippen LogP contribution < -0.4 is 4.74 Å². The molecule has 0 amide bonds. The zero-order valence-corrected chi connectivity index (χ0v) is 12.8. The van der Waals surface area contributed by atoms with E-state index in [1.54, 1.807) is 6.07 Å². The largest absolute Gasteiger partial charge is 0.441 e. The van der Waals surface area contributed by atoms with Crippen molar-refractivity contribution >= 4 is 5.78 Å². The lowest BCUT2D eigenvalue weighted by molar-refractivity contribution is 0.0894. The average molecular weight is 322 g/mol. The van der Waals surface area contributed by atoms with E-state index >= 15 is 0 Å². The Bertz CT molecular complexity index is 874. The average Bonchev–Trinajstić information content (AvgIpc) is 3.29. The molecule has 1 aliphatic heterocycles. The SMILES string of the molecule is O=C(COc1nnc(-c2ccccc2)o1)c1ccc2c(c1)COC2. The van der Waals surface area contributed by atoms with Crippen LogP contribution in [0.3, 0.4) is 0 Å². The molecule has 2 heterocycles. The van der Waals surface area contributed by atoms with Crippen molar-refractivity contribution < 1.29 is 18.7 Å². The summed E-state index contributed by atoms with van der Waals surface area (Å²) in [5.41, 5.74) is 3.55. The summed E-state index contributed by atoms with van der Waals surface area (Å²) < 4.78 is 16.1. The molecule has 3 aromatic rings. The predicted molar refractivity (Wildman–Crippen MR) is 84.5 cm³/mol. The van der Waals surface area contributed by atoms with Crippen molar-refractivity contribution in [3.05, 3.63) is 65.2 Å². The molecule has 0 N–H and O–H groups in total. The molecule has 120 valence electrons. The number of ketones is 1. The van der Waals surface area contributed by atoms with Crippen molar-refractivity contribution in [2.24, 2.45) is 0 Å². The second-order valence-electron chi connectivity index (χ2n) is 5.43. The smallest absolute Gasteiger partial charge is 0.415 e. The molecule has 0 saturated heterocycles. The number of nitrogens with zero attached hydrogens (tertiary/aromatic N) is 2. The molecule has 0 radical (unpaired) electrons. The number of carbonyl (C=O) groups excluding carboxylic acids is 1. The molecule has 6 nitrogen and oxygen atoms in total. The van der Waals surface area contributed by atoms with Crippen LogP contribution in [-0.4, -0.2) is 22.6 Å². The van der Waals surface area contributed by atoms with Gasteiger partial charge in [0.15, 0.2) is 12.4 Å². The lowest BCUT2D eigenvalue weighted by Crippen LogP contribution is -2.12. The number of fused-ring (bicyclic) bond motifs is 1. The van der Waals surface area contributed by atoms with Crippen molar-refractivity contribution in [1.82, 2.24) is 10.2 Å². The molecular formula is C18H14N2O4. The van der Waals surface area contributed by atoms with Gasteiger partial charge in [-0.1, -0.05) is 35.4 Å². The minimum absolute atomic E-state index is 0.0216. The molecule has 6 heteroatoms. The fraction of sp³-hybridized carbons (Fsp3) is 0.167. The van der Waals surface area contributed by atoms with Gasteiger partial charge < -0.3 is 13.9 Å². The maximum absolute atomic E-state index is 12.2. The van der Waals surface area contributed by atoms with Gasteiger partial charge in [-0.2, -0.15) is 0 Å². The molecule has 0 atom stereocenters. The van der Waals surface area contributed by atoms with Gasteiger partial charge in [-0.3, -0.25) is 4.79 Å². The summed E-state index contributed by atoms with van der Waals surface area (Å²) in [6.45, 7) is 0.988. The number of carbonyl (C=O) groups is 1. The van der Waals surface area contributed by atoms with Crippen molar-refractivity contribution in [2.75, 3.05) is 6.61 Å². The topological polar surface area (TPSA) is 74.5 Å². The van der Waals surface area contributed by atoms with Gasteiger partial charge in [0.1, 0.15) is 0 Å². The Hall–Kier alpha value is -2.99. The first-order valence-corrected chi connectivity index (χ1v) is 7.54. The molecule has 0 fully saturated rings. The van der Waals surface area contributed by atoms with Crippen LogP contribution >= 0.6 is 0 Å². The van der Waals surface area contributed by atoms with Crippen LogP contribution in [0.5, 0.6) is 6.08 Å². The Kier molecular flexibility index (Phi) is 3.80. The summed E-state index contributed by atoms with van der Waals surface area (Å²) in [6, 6.07) is 14.9. The van der Waals surface area contributed by atoms with Crippen molar-refractivity contribution in [1.29, 1.82) is 0 Å². The molecule has 2 aromatic carbocycles. The summed E-state index contributed by atoms with van der Waals surface area (Å²) in [5.74, 6) is 0.205. The van der Waals surface area contributed by atoms with E-state index in [9.17, 15) is 4.79 Å². The predicted octanol–water partition coefficient (Wildman–Crippen LogP) is 3.03. The van der Waals surface area contributed by atoms with Gasteiger partial charge >= 0.3 is 6.08 Å². The van der Waals surface area contributed by atoms with Crippen molar-refractivity contribution in [3.63, 3.8) is 0 Å². The van der Waals surface area contributed by atoms with E-state index in [0.717, 1.165) is 16.7 Å². The van der Waals surface area contributed by atoms with E-state index < -0.39 is 0 Å². The molecule has 0 aliphatic carbocycles. The Morgan fingerprint density at radius 3 is 2.75 bits per heavy atom. The summed E-state index contributed by atoms with van der Waals surface area (Å²) in [5, 5.41) is 7.72. The van der Waals surface area contributed by atoms with Gasteiger partial charge in [0.05, 0.1) is 13.2 Å². The van der Waals surface area contributed by atoms with Gasteiger partial charge in [0.25, 0.3) is 5.89 Å². The number of aromatic nitrogens is 2.